The number of ether oxygens (including phenoxy) is 1. The molecule has 1 aromatic carbocycles. The minimum Gasteiger partial charge on any atom is -0.496 e. The lowest BCUT2D eigenvalue weighted by atomic mass is 10.1. The predicted octanol–water partition coefficient (Wildman–Crippen LogP) is 3.48. The molecule has 0 unspecified atom stereocenters. The van der Waals surface area contributed by atoms with Gasteiger partial charge in [-0.05, 0) is 36.4 Å². The van der Waals surface area contributed by atoms with Crippen LogP contribution in [-0.2, 0) is 18.4 Å². The second kappa shape index (κ2) is 9.83. The van der Waals surface area contributed by atoms with E-state index < -0.39 is 0 Å². The summed E-state index contributed by atoms with van der Waals surface area (Å²) in [4.78, 5) is 32.1. The maximum absolute atomic E-state index is 13.6. The second-order valence-corrected chi connectivity index (χ2v) is 8.53. The standard InChI is InChI=1S/C24H25N5O3S/c1-25-22(30)10-13-29(15-16-6-4-5-11-26-16)24(31)21-14-18-20(32-3)8-7-17(23(18)33-21)19-9-12-27-28(19)2/h4-9,11-12,14H,10,13,15H2,1-3H3,(H,25,30). The number of methoxy groups -OCH3 is 1. The monoisotopic (exact) mass is 463 g/mol. The highest BCUT2D eigenvalue weighted by atomic mass is 32.1. The molecule has 4 aromatic rings. The summed E-state index contributed by atoms with van der Waals surface area (Å²) in [6.07, 6.45) is 3.66. The van der Waals surface area contributed by atoms with E-state index in [0.29, 0.717) is 17.2 Å². The third-order valence-corrected chi connectivity index (χ3v) is 6.58. The maximum Gasteiger partial charge on any atom is 0.264 e. The zero-order valence-corrected chi connectivity index (χ0v) is 19.6. The van der Waals surface area contributed by atoms with Crippen LogP contribution in [0.3, 0.4) is 0 Å². The molecule has 0 saturated carbocycles. The fourth-order valence-corrected chi connectivity index (χ4v) is 4.84. The second-order valence-electron chi connectivity index (χ2n) is 7.48. The molecule has 4 rings (SSSR count). The van der Waals surface area contributed by atoms with E-state index in [1.165, 1.54) is 11.3 Å². The van der Waals surface area contributed by atoms with Crippen LogP contribution in [0.25, 0.3) is 21.3 Å². The molecule has 33 heavy (non-hydrogen) atoms. The van der Waals surface area contributed by atoms with Gasteiger partial charge in [0.25, 0.3) is 5.91 Å². The lowest BCUT2D eigenvalue weighted by Crippen LogP contribution is -2.34. The number of hydrogen-bond donors (Lipinski definition) is 1. The Kier molecular flexibility index (Phi) is 6.69. The van der Waals surface area contributed by atoms with Gasteiger partial charge in [0.15, 0.2) is 0 Å². The highest BCUT2D eigenvalue weighted by Gasteiger charge is 2.22. The van der Waals surface area contributed by atoms with Crippen LogP contribution < -0.4 is 10.1 Å². The molecule has 170 valence electrons. The molecule has 0 radical (unpaired) electrons. The van der Waals surface area contributed by atoms with Crippen molar-refractivity contribution in [1.82, 2.24) is 25.0 Å². The van der Waals surface area contributed by atoms with E-state index in [1.807, 2.05) is 49.5 Å². The van der Waals surface area contributed by atoms with Crippen molar-refractivity contribution in [2.24, 2.45) is 7.05 Å². The summed E-state index contributed by atoms with van der Waals surface area (Å²) in [7, 11) is 5.10. The number of fused-ring (bicyclic) bond motifs is 1. The van der Waals surface area contributed by atoms with Crippen LogP contribution in [0.2, 0.25) is 0 Å². The van der Waals surface area contributed by atoms with Gasteiger partial charge in [0.05, 0.1) is 29.9 Å². The van der Waals surface area contributed by atoms with Crippen LogP contribution in [0.4, 0.5) is 0 Å². The Hall–Kier alpha value is -3.72. The lowest BCUT2D eigenvalue weighted by Gasteiger charge is -2.21. The third-order valence-electron chi connectivity index (χ3n) is 5.42. The van der Waals surface area contributed by atoms with Gasteiger partial charge >= 0.3 is 0 Å². The number of hydrogen-bond acceptors (Lipinski definition) is 6. The summed E-state index contributed by atoms with van der Waals surface area (Å²) in [6, 6.07) is 13.3. The molecule has 0 spiro atoms. The quantitative estimate of drug-likeness (QED) is 0.432. The number of aryl methyl sites for hydroxylation is 1. The Morgan fingerprint density at radius 3 is 2.70 bits per heavy atom. The molecule has 2 amide bonds. The Labute approximate surface area is 195 Å². The number of benzene rings is 1. The smallest absolute Gasteiger partial charge is 0.264 e. The van der Waals surface area contributed by atoms with Crippen LogP contribution in [0.15, 0.2) is 54.9 Å². The fraction of sp³-hybridized carbons (Fsp3) is 0.250. The van der Waals surface area contributed by atoms with E-state index in [9.17, 15) is 9.59 Å². The Balaban J connectivity index is 1.73. The summed E-state index contributed by atoms with van der Waals surface area (Å²) in [6.45, 7) is 0.603. The molecule has 3 aromatic heterocycles. The van der Waals surface area contributed by atoms with Gasteiger partial charge in [-0.3, -0.25) is 19.3 Å². The van der Waals surface area contributed by atoms with Crippen LogP contribution in [-0.4, -0.2) is 52.2 Å². The van der Waals surface area contributed by atoms with Gasteiger partial charge in [-0.25, -0.2) is 0 Å². The van der Waals surface area contributed by atoms with Crippen LogP contribution in [0.5, 0.6) is 5.75 Å². The molecule has 0 aliphatic carbocycles. The Bertz CT molecular complexity index is 1280. The molecular formula is C24H25N5O3S. The Morgan fingerprint density at radius 1 is 1.18 bits per heavy atom. The zero-order valence-electron chi connectivity index (χ0n) is 18.7. The summed E-state index contributed by atoms with van der Waals surface area (Å²) >= 11 is 1.41. The van der Waals surface area contributed by atoms with Crippen molar-refractivity contribution in [2.75, 3.05) is 20.7 Å². The average molecular weight is 464 g/mol. The number of thiophene rings is 1. The average Bonchev–Trinajstić information content (AvgIpc) is 3.47. The molecule has 0 aliphatic rings. The van der Waals surface area contributed by atoms with Gasteiger partial charge < -0.3 is 15.0 Å². The van der Waals surface area contributed by atoms with Gasteiger partial charge in [0.2, 0.25) is 5.91 Å². The van der Waals surface area contributed by atoms with Crippen molar-refractivity contribution in [2.45, 2.75) is 13.0 Å². The minimum absolute atomic E-state index is 0.120. The van der Waals surface area contributed by atoms with Crippen molar-refractivity contribution in [1.29, 1.82) is 0 Å². The highest BCUT2D eigenvalue weighted by molar-refractivity contribution is 7.21. The molecule has 0 saturated heterocycles. The molecule has 8 nitrogen and oxygen atoms in total. The van der Waals surface area contributed by atoms with Crippen LogP contribution >= 0.6 is 11.3 Å². The van der Waals surface area contributed by atoms with Crippen molar-refractivity contribution < 1.29 is 14.3 Å². The van der Waals surface area contributed by atoms with Gasteiger partial charge in [0.1, 0.15) is 5.75 Å². The first-order chi connectivity index (χ1) is 16.0. The Morgan fingerprint density at radius 2 is 2.03 bits per heavy atom. The molecule has 0 fully saturated rings. The summed E-state index contributed by atoms with van der Waals surface area (Å²) in [5.74, 6) is 0.432. The van der Waals surface area contributed by atoms with Crippen molar-refractivity contribution in [3.63, 3.8) is 0 Å². The number of rotatable bonds is 8. The van der Waals surface area contributed by atoms with E-state index >= 15 is 0 Å². The van der Waals surface area contributed by atoms with E-state index in [4.69, 9.17) is 4.74 Å². The fourth-order valence-electron chi connectivity index (χ4n) is 3.68. The molecule has 0 bridgehead atoms. The van der Waals surface area contributed by atoms with Crippen molar-refractivity contribution >= 4 is 33.2 Å². The number of carbonyl (C=O) groups is 2. The van der Waals surface area contributed by atoms with Gasteiger partial charge in [0, 0.05) is 55.1 Å². The number of nitrogens with zero attached hydrogens (tertiary/aromatic N) is 4. The molecule has 3 heterocycles. The number of aromatic nitrogens is 3. The van der Waals surface area contributed by atoms with E-state index in [-0.39, 0.29) is 24.8 Å². The van der Waals surface area contributed by atoms with Crippen LogP contribution in [0, 0.1) is 0 Å². The molecule has 0 atom stereocenters. The SMILES string of the molecule is CNC(=O)CCN(Cc1ccccn1)C(=O)c1cc2c(OC)ccc(-c3ccnn3C)c2s1. The topological polar surface area (TPSA) is 89.3 Å². The van der Waals surface area contributed by atoms with Gasteiger partial charge in [-0.2, -0.15) is 5.10 Å². The zero-order chi connectivity index (χ0) is 23.4. The van der Waals surface area contributed by atoms with Crippen molar-refractivity contribution in [3.05, 3.63) is 65.4 Å². The first kappa shape index (κ1) is 22.5. The largest absolute Gasteiger partial charge is 0.496 e. The highest BCUT2D eigenvalue weighted by Crippen LogP contribution is 2.40. The molecular weight excluding hydrogens is 438 g/mol. The molecule has 0 aliphatic heterocycles. The minimum atomic E-state index is -0.149. The number of amides is 2. The van der Waals surface area contributed by atoms with Gasteiger partial charge in [-0.15, -0.1) is 11.3 Å². The van der Waals surface area contributed by atoms with E-state index in [2.05, 4.69) is 15.4 Å². The number of pyridine rings is 1. The van der Waals surface area contributed by atoms with E-state index in [0.717, 1.165) is 27.0 Å². The third kappa shape index (κ3) is 4.73. The van der Waals surface area contributed by atoms with Gasteiger partial charge in [-0.1, -0.05) is 6.07 Å². The summed E-state index contributed by atoms with van der Waals surface area (Å²) in [5.41, 5.74) is 2.70. The first-order valence-corrected chi connectivity index (χ1v) is 11.3. The van der Waals surface area contributed by atoms with Crippen molar-refractivity contribution in [3.8, 4) is 17.0 Å². The molecule has 1 N–H and O–H groups in total. The number of carbonyl (C=O) groups excluding carboxylic acids is 2. The summed E-state index contributed by atoms with van der Waals surface area (Å²) in [5, 5.41) is 7.76. The van der Waals surface area contributed by atoms with Crippen LogP contribution in [0.1, 0.15) is 21.8 Å². The summed E-state index contributed by atoms with van der Waals surface area (Å²) < 4.78 is 8.32. The molecule has 9 heteroatoms. The normalized spacial score (nSPS) is 10.9. The lowest BCUT2D eigenvalue weighted by molar-refractivity contribution is -0.120. The first-order valence-electron chi connectivity index (χ1n) is 10.5. The number of nitrogens with one attached hydrogen (secondary N) is 1. The predicted molar refractivity (Wildman–Crippen MR) is 128 cm³/mol. The maximum atomic E-state index is 13.6. The van der Waals surface area contributed by atoms with E-state index in [1.54, 1.807) is 36.1 Å².